The fourth-order valence-corrected chi connectivity index (χ4v) is 2.77. The molecule has 24 heavy (non-hydrogen) atoms. The highest BCUT2D eigenvalue weighted by Gasteiger charge is 2.06. The molecule has 0 bridgehead atoms. The number of halogens is 1. The quantitative estimate of drug-likeness (QED) is 0.585. The van der Waals surface area contributed by atoms with Crippen molar-refractivity contribution in [2.24, 2.45) is 0 Å². The van der Waals surface area contributed by atoms with Gasteiger partial charge < -0.3 is 5.32 Å². The Morgan fingerprint density at radius 3 is 2.25 bits per heavy atom. The molecule has 2 aromatic carbocycles. The van der Waals surface area contributed by atoms with Gasteiger partial charge in [0, 0.05) is 24.5 Å². The Morgan fingerprint density at radius 2 is 1.54 bits per heavy atom. The molecule has 0 spiro atoms. The van der Waals surface area contributed by atoms with Crippen LogP contribution in [0.15, 0.2) is 72.9 Å². The van der Waals surface area contributed by atoms with Crippen LogP contribution in [-0.4, -0.2) is 16.7 Å². The van der Waals surface area contributed by atoms with Crippen molar-refractivity contribution in [2.45, 2.75) is 0 Å². The highest BCUT2D eigenvalue weighted by Crippen LogP contribution is 2.25. The Hall–Kier alpha value is -3.14. The minimum Gasteiger partial charge on any atom is -0.388 e. The summed E-state index contributed by atoms with van der Waals surface area (Å²) in [5, 5.41) is 7.68. The second-order valence-electron chi connectivity index (χ2n) is 5.65. The van der Waals surface area contributed by atoms with Crippen LogP contribution < -0.4 is 5.32 Å². The molecule has 4 rings (SSSR count). The Balaban J connectivity index is 1.73. The predicted molar refractivity (Wildman–Crippen MR) is 95.6 cm³/mol. The first-order chi connectivity index (χ1) is 11.7. The summed E-state index contributed by atoms with van der Waals surface area (Å²) >= 11 is 0. The van der Waals surface area contributed by atoms with Crippen molar-refractivity contribution in [3.63, 3.8) is 0 Å². The molecule has 118 valence electrons. The van der Waals surface area contributed by atoms with Gasteiger partial charge in [0.05, 0.1) is 11.2 Å². The fourth-order valence-electron chi connectivity index (χ4n) is 2.77. The number of nitrogens with zero attached hydrogens (tertiary/aromatic N) is 2. The van der Waals surface area contributed by atoms with E-state index < -0.39 is 0 Å². The van der Waals surface area contributed by atoms with E-state index in [1.54, 1.807) is 12.1 Å². The number of anilines is 1. The molecule has 0 aliphatic rings. The number of aromatic nitrogens is 2. The minimum absolute atomic E-state index is 0.241. The molecular formula is C20H16FN3. The monoisotopic (exact) mass is 317 g/mol. The van der Waals surface area contributed by atoms with Gasteiger partial charge in [-0.15, -0.1) is 0 Å². The van der Waals surface area contributed by atoms with Crippen LogP contribution in [0.3, 0.4) is 0 Å². The summed E-state index contributed by atoms with van der Waals surface area (Å²) in [7, 11) is 1.91. The van der Waals surface area contributed by atoms with Crippen molar-refractivity contribution in [3.05, 3.63) is 78.7 Å². The van der Waals surface area contributed by atoms with Crippen molar-refractivity contribution >= 4 is 11.2 Å². The van der Waals surface area contributed by atoms with Gasteiger partial charge >= 0.3 is 0 Å². The third-order valence-electron chi connectivity index (χ3n) is 4.11. The van der Waals surface area contributed by atoms with Gasteiger partial charge in [0.15, 0.2) is 0 Å². The fraction of sp³-hybridized carbons (Fsp3) is 0.0500. The first-order valence-electron chi connectivity index (χ1n) is 7.76. The summed E-state index contributed by atoms with van der Waals surface area (Å²) in [4.78, 5) is 0. The average Bonchev–Trinajstić information content (AvgIpc) is 3.05. The van der Waals surface area contributed by atoms with Crippen LogP contribution in [0, 0.1) is 5.82 Å². The summed E-state index contributed by atoms with van der Waals surface area (Å²) in [6, 6.07) is 20.9. The van der Waals surface area contributed by atoms with E-state index in [2.05, 4.69) is 40.7 Å². The summed E-state index contributed by atoms with van der Waals surface area (Å²) in [6.45, 7) is 0. The zero-order valence-corrected chi connectivity index (χ0v) is 13.2. The van der Waals surface area contributed by atoms with Crippen LogP contribution in [0.1, 0.15) is 0 Å². The zero-order valence-electron chi connectivity index (χ0n) is 13.2. The Bertz CT molecular complexity index is 986. The standard InChI is InChI=1S/C20H16FN3/c1-22-18-8-4-14(5-9-18)16-10-11-24-19(12-16)13-20(23-24)15-2-6-17(21)7-3-15/h2-13,22H,1H3. The van der Waals surface area contributed by atoms with E-state index in [-0.39, 0.29) is 5.82 Å². The smallest absolute Gasteiger partial charge is 0.123 e. The van der Waals surface area contributed by atoms with Gasteiger partial charge in [-0.2, -0.15) is 5.10 Å². The lowest BCUT2D eigenvalue weighted by Crippen LogP contribution is -1.89. The highest BCUT2D eigenvalue weighted by atomic mass is 19.1. The van der Waals surface area contributed by atoms with Crippen molar-refractivity contribution in [2.75, 3.05) is 12.4 Å². The van der Waals surface area contributed by atoms with E-state index in [9.17, 15) is 4.39 Å². The lowest BCUT2D eigenvalue weighted by atomic mass is 10.1. The largest absolute Gasteiger partial charge is 0.388 e. The second kappa shape index (κ2) is 5.81. The van der Waals surface area contributed by atoms with Crippen LogP contribution in [0.2, 0.25) is 0 Å². The number of hydrogen-bond donors (Lipinski definition) is 1. The van der Waals surface area contributed by atoms with E-state index in [1.807, 2.05) is 29.9 Å². The number of rotatable bonds is 3. The van der Waals surface area contributed by atoms with Gasteiger partial charge in [0.2, 0.25) is 0 Å². The van der Waals surface area contributed by atoms with Crippen LogP contribution in [0.5, 0.6) is 0 Å². The number of nitrogens with one attached hydrogen (secondary N) is 1. The predicted octanol–water partition coefficient (Wildman–Crippen LogP) is 4.85. The maximum Gasteiger partial charge on any atom is 0.123 e. The molecule has 3 nitrogen and oxygen atoms in total. The van der Waals surface area contributed by atoms with Gasteiger partial charge in [-0.3, -0.25) is 0 Å². The van der Waals surface area contributed by atoms with Crippen LogP contribution in [0.25, 0.3) is 27.9 Å². The molecule has 0 fully saturated rings. The van der Waals surface area contributed by atoms with Crippen molar-refractivity contribution in [3.8, 4) is 22.4 Å². The summed E-state index contributed by atoms with van der Waals surface area (Å²) in [5.74, 6) is -0.241. The second-order valence-corrected chi connectivity index (χ2v) is 5.65. The third-order valence-corrected chi connectivity index (χ3v) is 4.11. The molecule has 0 aliphatic carbocycles. The zero-order chi connectivity index (χ0) is 16.5. The van der Waals surface area contributed by atoms with E-state index in [0.29, 0.717) is 0 Å². The van der Waals surface area contributed by atoms with E-state index >= 15 is 0 Å². The van der Waals surface area contributed by atoms with Crippen LogP contribution in [0.4, 0.5) is 10.1 Å². The van der Waals surface area contributed by atoms with Crippen molar-refractivity contribution in [1.82, 2.24) is 9.61 Å². The van der Waals surface area contributed by atoms with Gasteiger partial charge in [0.25, 0.3) is 0 Å². The van der Waals surface area contributed by atoms with Crippen LogP contribution in [-0.2, 0) is 0 Å². The Kier molecular flexibility index (Phi) is 3.50. The molecule has 4 aromatic rings. The molecule has 2 aromatic heterocycles. The Labute approximate surface area is 139 Å². The minimum atomic E-state index is -0.241. The summed E-state index contributed by atoms with van der Waals surface area (Å²) in [5.41, 5.74) is 6.11. The molecule has 1 N–H and O–H groups in total. The molecule has 0 saturated heterocycles. The normalized spacial score (nSPS) is 10.9. The van der Waals surface area contributed by atoms with E-state index in [0.717, 1.165) is 33.6 Å². The summed E-state index contributed by atoms with van der Waals surface area (Å²) in [6.07, 6.45) is 1.95. The molecule has 2 heterocycles. The molecular weight excluding hydrogens is 301 g/mol. The summed E-state index contributed by atoms with van der Waals surface area (Å²) < 4.78 is 14.9. The van der Waals surface area contributed by atoms with Gasteiger partial charge in [0.1, 0.15) is 5.82 Å². The van der Waals surface area contributed by atoms with Gasteiger partial charge in [-0.1, -0.05) is 12.1 Å². The number of fused-ring (bicyclic) bond motifs is 1. The number of benzene rings is 2. The lowest BCUT2D eigenvalue weighted by Gasteiger charge is -2.04. The third kappa shape index (κ3) is 2.63. The SMILES string of the molecule is CNc1ccc(-c2ccn3nc(-c4ccc(F)cc4)cc3c2)cc1. The molecule has 0 saturated carbocycles. The maximum atomic E-state index is 13.1. The lowest BCUT2D eigenvalue weighted by molar-refractivity contribution is 0.628. The van der Waals surface area contributed by atoms with Gasteiger partial charge in [-0.25, -0.2) is 8.91 Å². The Morgan fingerprint density at radius 1 is 0.833 bits per heavy atom. The molecule has 0 amide bonds. The van der Waals surface area contributed by atoms with Gasteiger partial charge in [-0.05, 0) is 65.7 Å². The maximum absolute atomic E-state index is 13.1. The van der Waals surface area contributed by atoms with Crippen molar-refractivity contribution in [1.29, 1.82) is 0 Å². The van der Waals surface area contributed by atoms with E-state index in [1.165, 1.54) is 12.1 Å². The highest BCUT2D eigenvalue weighted by molar-refractivity contribution is 5.73. The molecule has 0 unspecified atom stereocenters. The molecule has 4 heteroatoms. The van der Waals surface area contributed by atoms with E-state index in [4.69, 9.17) is 0 Å². The molecule has 0 aliphatic heterocycles. The van der Waals surface area contributed by atoms with Crippen LogP contribution >= 0.6 is 0 Å². The molecule has 0 radical (unpaired) electrons. The number of pyridine rings is 1. The van der Waals surface area contributed by atoms with Crippen molar-refractivity contribution < 1.29 is 4.39 Å². The number of hydrogen-bond acceptors (Lipinski definition) is 2. The topological polar surface area (TPSA) is 29.3 Å². The first-order valence-corrected chi connectivity index (χ1v) is 7.76. The first kappa shape index (κ1) is 14.5. The molecule has 0 atom stereocenters. The average molecular weight is 317 g/mol.